The Morgan fingerprint density at radius 2 is 2.38 bits per heavy atom. The van der Waals surface area contributed by atoms with Crippen molar-refractivity contribution in [2.24, 2.45) is 0 Å². The fraction of sp³-hybridized carbons (Fsp3) is 0.417. The second kappa shape index (κ2) is 4.80. The number of thiazole rings is 1. The lowest BCUT2D eigenvalue weighted by Crippen LogP contribution is -2.03. The van der Waals surface area contributed by atoms with Crippen molar-refractivity contribution in [2.45, 2.75) is 32.8 Å². The average molecular weight is 237 g/mol. The van der Waals surface area contributed by atoms with Gasteiger partial charge in [-0.25, -0.2) is 4.98 Å². The molecule has 0 fully saturated rings. The minimum atomic E-state index is -0.518. The van der Waals surface area contributed by atoms with Crippen LogP contribution in [0.2, 0.25) is 0 Å². The molecule has 4 heteroatoms. The third-order valence-electron chi connectivity index (χ3n) is 2.53. The van der Waals surface area contributed by atoms with E-state index in [0.717, 1.165) is 28.4 Å². The molecule has 0 saturated heterocycles. The summed E-state index contributed by atoms with van der Waals surface area (Å²) in [5.41, 5.74) is 1.83. The second-order valence-electron chi connectivity index (χ2n) is 3.73. The predicted molar refractivity (Wildman–Crippen MR) is 63.6 cm³/mol. The summed E-state index contributed by atoms with van der Waals surface area (Å²) >= 11 is 1.61. The van der Waals surface area contributed by atoms with Crippen LogP contribution in [0.25, 0.3) is 0 Å². The molecule has 0 amide bonds. The van der Waals surface area contributed by atoms with E-state index in [2.05, 4.69) is 4.98 Å². The third-order valence-corrected chi connectivity index (χ3v) is 3.35. The van der Waals surface area contributed by atoms with Crippen LogP contribution in [0, 0.1) is 6.92 Å². The summed E-state index contributed by atoms with van der Waals surface area (Å²) in [7, 11) is 0. The molecular formula is C12H15NO2S. The highest BCUT2D eigenvalue weighted by atomic mass is 32.1. The van der Waals surface area contributed by atoms with Crippen molar-refractivity contribution in [3.8, 4) is 0 Å². The summed E-state index contributed by atoms with van der Waals surface area (Å²) in [4.78, 5) is 4.34. The van der Waals surface area contributed by atoms with Gasteiger partial charge < -0.3 is 9.52 Å². The lowest BCUT2D eigenvalue weighted by Gasteiger charge is -2.08. The van der Waals surface area contributed by atoms with Crippen molar-refractivity contribution in [2.75, 3.05) is 0 Å². The fourth-order valence-corrected chi connectivity index (χ4v) is 2.37. The summed E-state index contributed by atoms with van der Waals surface area (Å²) in [6, 6.07) is 1.84. The minimum Gasteiger partial charge on any atom is -0.469 e. The summed E-state index contributed by atoms with van der Waals surface area (Å²) in [6.45, 7) is 3.98. The Bertz CT molecular complexity index is 461. The summed E-state index contributed by atoms with van der Waals surface area (Å²) < 4.78 is 5.30. The van der Waals surface area contributed by atoms with Crippen molar-refractivity contribution < 1.29 is 9.52 Å². The van der Waals surface area contributed by atoms with E-state index >= 15 is 0 Å². The number of hydrogen-bond donors (Lipinski definition) is 1. The maximum Gasteiger partial charge on any atom is 0.109 e. The second-order valence-corrected chi connectivity index (χ2v) is 4.79. The molecular weight excluding hydrogens is 222 g/mol. The molecule has 2 rings (SSSR count). The molecule has 86 valence electrons. The van der Waals surface area contributed by atoms with E-state index in [0.29, 0.717) is 6.42 Å². The molecule has 16 heavy (non-hydrogen) atoms. The zero-order chi connectivity index (χ0) is 11.5. The zero-order valence-electron chi connectivity index (χ0n) is 9.43. The van der Waals surface area contributed by atoms with Gasteiger partial charge in [-0.3, -0.25) is 0 Å². The van der Waals surface area contributed by atoms with Crippen LogP contribution in [-0.4, -0.2) is 10.1 Å². The average Bonchev–Trinajstić information content (AvgIpc) is 2.86. The topological polar surface area (TPSA) is 46.3 Å². The fourth-order valence-electron chi connectivity index (χ4n) is 1.74. The molecule has 0 aliphatic heterocycles. The molecule has 1 N–H and O–H groups in total. The molecule has 2 aromatic heterocycles. The largest absolute Gasteiger partial charge is 0.469 e. The van der Waals surface area contributed by atoms with E-state index in [1.807, 2.05) is 25.3 Å². The molecule has 3 nitrogen and oxygen atoms in total. The minimum absolute atomic E-state index is 0.518. The van der Waals surface area contributed by atoms with Crippen LogP contribution < -0.4 is 0 Å². The lowest BCUT2D eigenvalue weighted by molar-refractivity contribution is 0.175. The van der Waals surface area contributed by atoms with Gasteiger partial charge in [-0.15, -0.1) is 11.3 Å². The van der Waals surface area contributed by atoms with E-state index in [9.17, 15) is 5.11 Å². The Kier molecular flexibility index (Phi) is 3.41. The Morgan fingerprint density at radius 3 is 3.00 bits per heavy atom. The zero-order valence-corrected chi connectivity index (χ0v) is 10.3. The molecule has 0 saturated carbocycles. The normalized spacial score (nSPS) is 12.9. The van der Waals surface area contributed by atoms with E-state index in [-0.39, 0.29) is 0 Å². The monoisotopic (exact) mass is 237 g/mol. The Morgan fingerprint density at radius 1 is 1.56 bits per heavy atom. The third kappa shape index (κ3) is 2.33. The van der Waals surface area contributed by atoms with Gasteiger partial charge in [0.05, 0.1) is 23.1 Å². The van der Waals surface area contributed by atoms with Crippen LogP contribution >= 0.6 is 11.3 Å². The maximum absolute atomic E-state index is 10.1. The molecule has 0 aliphatic rings. The van der Waals surface area contributed by atoms with Crippen molar-refractivity contribution in [3.05, 3.63) is 39.7 Å². The van der Waals surface area contributed by atoms with Crippen LogP contribution in [-0.2, 0) is 12.8 Å². The molecule has 0 radical (unpaired) electrons. The van der Waals surface area contributed by atoms with Gasteiger partial charge in [-0.1, -0.05) is 6.92 Å². The van der Waals surface area contributed by atoms with Crippen LogP contribution in [0.4, 0.5) is 0 Å². The quantitative estimate of drug-likeness (QED) is 0.889. The number of nitrogens with zero attached hydrogens (tertiary/aromatic N) is 1. The number of aromatic nitrogens is 1. The van der Waals surface area contributed by atoms with Gasteiger partial charge in [-0.2, -0.15) is 0 Å². The molecule has 0 aromatic carbocycles. The van der Waals surface area contributed by atoms with Crippen molar-refractivity contribution in [1.82, 2.24) is 4.98 Å². The van der Waals surface area contributed by atoms with Gasteiger partial charge in [0.15, 0.2) is 0 Å². The molecule has 1 atom stereocenters. The Balaban J connectivity index is 2.11. The van der Waals surface area contributed by atoms with Crippen LogP contribution in [0.1, 0.15) is 35.1 Å². The van der Waals surface area contributed by atoms with E-state index in [1.165, 1.54) is 0 Å². The summed E-state index contributed by atoms with van der Waals surface area (Å²) in [6.07, 6.45) is 2.46. The Hall–Kier alpha value is -1.13. The van der Waals surface area contributed by atoms with E-state index in [4.69, 9.17) is 4.42 Å². The highest BCUT2D eigenvalue weighted by Gasteiger charge is 2.15. The molecule has 0 aliphatic carbocycles. The van der Waals surface area contributed by atoms with Gasteiger partial charge in [0.2, 0.25) is 0 Å². The summed E-state index contributed by atoms with van der Waals surface area (Å²) in [5.74, 6) is 0.861. The first kappa shape index (κ1) is 11.4. The summed E-state index contributed by atoms with van der Waals surface area (Å²) in [5, 5.41) is 13.1. The highest BCUT2D eigenvalue weighted by Crippen LogP contribution is 2.23. The highest BCUT2D eigenvalue weighted by molar-refractivity contribution is 7.09. The van der Waals surface area contributed by atoms with Gasteiger partial charge in [0.1, 0.15) is 5.76 Å². The number of aliphatic hydroxyl groups excluding tert-OH is 1. The van der Waals surface area contributed by atoms with Gasteiger partial charge in [0.25, 0.3) is 0 Å². The van der Waals surface area contributed by atoms with Gasteiger partial charge in [-0.05, 0) is 13.0 Å². The van der Waals surface area contributed by atoms with Crippen LogP contribution in [0.3, 0.4) is 0 Å². The Labute approximate surface area is 98.8 Å². The molecule has 2 aromatic rings. The maximum atomic E-state index is 10.1. The smallest absolute Gasteiger partial charge is 0.109 e. The number of hydrogen-bond acceptors (Lipinski definition) is 4. The SMILES string of the molecule is CCc1occc1C(O)Cc1csc(C)n1. The number of rotatable bonds is 4. The van der Waals surface area contributed by atoms with Crippen molar-refractivity contribution in [3.63, 3.8) is 0 Å². The van der Waals surface area contributed by atoms with E-state index < -0.39 is 6.10 Å². The number of furan rings is 1. The standard InChI is InChI=1S/C12H15NO2S/c1-3-12-10(4-5-15-12)11(14)6-9-7-16-8(2)13-9/h4-5,7,11,14H,3,6H2,1-2H3. The molecule has 0 bridgehead atoms. The first-order valence-electron chi connectivity index (χ1n) is 5.36. The van der Waals surface area contributed by atoms with Crippen LogP contribution in [0.15, 0.2) is 22.1 Å². The van der Waals surface area contributed by atoms with E-state index in [1.54, 1.807) is 17.6 Å². The van der Waals surface area contributed by atoms with Crippen molar-refractivity contribution >= 4 is 11.3 Å². The lowest BCUT2D eigenvalue weighted by atomic mass is 10.1. The predicted octanol–water partition coefficient (Wildman–Crippen LogP) is 2.88. The van der Waals surface area contributed by atoms with Gasteiger partial charge in [0, 0.05) is 23.8 Å². The molecule has 2 heterocycles. The van der Waals surface area contributed by atoms with Gasteiger partial charge >= 0.3 is 0 Å². The molecule has 0 spiro atoms. The van der Waals surface area contributed by atoms with Crippen molar-refractivity contribution in [1.29, 1.82) is 0 Å². The first-order chi connectivity index (χ1) is 7.70. The molecule has 1 unspecified atom stereocenters. The number of aryl methyl sites for hydroxylation is 2. The first-order valence-corrected chi connectivity index (χ1v) is 6.24. The van der Waals surface area contributed by atoms with Crippen LogP contribution in [0.5, 0.6) is 0 Å². The number of aliphatic hydroxyl groups is 1.